The Morgan fingerprint density at radius 1 is 1.39 bits per heavy atom. The molecule has 1 saturated carbocycles. The third kappa shape index (κ3) is 3.43. The van der Waals surface area contributed by atoms with Crippen molar-refractivity contribution in [2.24, 2.45) is 5.73 Å². The zero-order valence-corrected chi connectivity index (χ0v) is 11.2. The van der Waals surface area contributed by atoms with Crippen molar-refractivity contribution in [3.05, 3.63) is 35.6 Å². The van der Waals surface area contributed by atoms with Crippen LogP contribution in [0.1, 0.15) is 18.4 Å². The Labute approximate surface area is 113 Å². The van der Waals surface area contributed by atoms with Crippen LogP contribution < -0.4 is 5.73 Å². The topological polar surface area (TPSA) is 46.3 Å². The molecule has 0 spiro atoms. The van der Waals surface area contributed by atoms with Crippen LogP contribution in [0.2, 0.25) is 0 Å². The van der Waals surface area contributed by atoms with Crippen LogP contribution in [0, 0.1) is 5.82 Å². The third-order valence-electron chi connectivity index (χ3n) is 3.21. The Balaban J connectivity index is 0.00000162. The molecule has 1 aliphatic carbocycles. The fraction of sp³-hybridized carbons (Fsp3) is 0.462. The van der Waals surface area contributed by atoms with Crippen molar-refractivity contribution in [2.75, 3.05) is 13.6 Å². The summed E-state index contributed by atoms with van der Waals surface area (Å²) >= 11 is 0. The van der Waals surface area contributed by atoms with E-state index in [0.29, 0.717) is 6.54 Å². The van der Waals surface area contributed by atoms with E-state index < -0.39 is 5.54 Å². The summed E-state index contributed by atoms with van der Waals surface area (Å²) in [6.07, 6.45) is 2.29. The van der Waals surface area contributed by atoms with E-state index in [9.17, 15) is 9.18 Å². The van der Waals surface area contributed by atoms with E-state index in [1.807, 2.05) is 0 Å². The van der Waals surface area contributed by atoms with Gasteiger partial charge in [0.2, 0.25) is 5.91 Å². The second kappa shape index (κ2) is 5.67. The molecular formula is C13H18ClFN2O. The number of rotatable bonds is 4. The van der Waals surface area contributed by atoms with Gasteiger partial charge in [0, 0.05) is 13.6 Å². The van der Waals surface area contributed by atoms with Crippen LogP contribution in [0.15, 0.2) is 24.3 Å². The SMILES string of the molecule is CN(CCc1ccc(F)cc1)C(=O)C1(N)CC1.Cl. The van der Waals surface area contributed by atoms with Gasteiger partial charge in [-0.05, 0) is 37.0 Å². The number of benzene rings is 1. The number of nitrogens with zero attached hydrogens (tertiary/aromatic N) is 1. The average molecular weight is 273 g/mol. The van der Waals surface area contributed by atoms with Crippen molar-refractivity contribution in [2.45, 2.75) is 24.8 Å². The van der Waals surface area contributed by atoms with E-state index in [1.54, 1.807) is 24.1 Å². The molecule has 5 heteroatoms. The van der Waals surface area contributed by atoms with Gasteiger partial charge in [-0.25, -0.2) is 4.39 Å². The second-order valence-corrected chi connectivity index (χ2v) is 4.76. The molecule has 1 aliphatic rings. The van der Waals surface area contributed by atoms with Gasteiger partial charge < -0.3 is 10.6 Å². The molecule has 100 valence electrons. The number of carbonyl (C=O) groups excluding carboxylic acids is 1. The van der Waals surface area contributed by atoms with Gasteiger partial charge in [0.05, 0.1) is 5.54 Å². The maximum absolute atomic E-state index is 12.7. The average Bonchev–Trinajstić information content (AvgIpc) is 3.06. The van der Waals surface area contributed by atoms with Crippen LogP contribution in [-0.2, 0) is 11.2 Å². The fourth-order valence-corrected chi connectivity index (χ4v) is 1.78. The zero-order valence-electron chi connectivity index (χ0n) is 10.4. The number of nitrogens with two attached hydrogens (primary N) is 1. The molecule has 0 radical (unpaired) electrons. The number of hydrogen-bond donors (Lipinski definition) is 1. The molecule has 1 fully saturated rings. The Morgan fingerprint density at radius 3 is 2.44 bits per heavy atom. The van der Waals surface area contributed by atoms with Crippen LogP contribution >= 0.6 is 12.4 Å². The molecular weight excluding hydrogens is 255 g/mol. The van der Waals surface area contributed by atoms with Crippen molar-refractivity contribution in [1.29, 1.82) is 0 Å². The number of likely N-dealkylation sites (N-methyl/N-ethyl adjacent to an activating group) is 1. The van der Waals surface area contributed by atoms with Gasteiger partial charge in [-0.2, -0.15) is 0 Å². The first-order valence-corrected chi connectivity index (χ1v) is 5.80. The molecule has 0 atom stereocenters. The summed E-state index contributed by atoms with van der Waals surface area (Å²) in [7, 11) is 1.76. The van der Waals surface area contributed by atoms with E-state index in [-0.39, 0.29) is 24.1 Å². The first-order valence-electron chi connectivity index (χ1n) is 5.80. The highest BCUT2D eigenvalue weighted by atomic mass is 35.5. The molecule has 0 bridgehead atoms. The lowest BCUT2D eigenvalue weighted by molar-refractivity contribution is -0.132. The molecule has 3 nitrogen and oxygen atoms in total. The molecule has 1 aromatic rings. The minimum Gasteiger partial charge on any atom is -0.344 e. The Morgan fingerprint density at radius 2 is 1.94 bits per heavy atom. The van der Waals surface area contributed by atoms with E-state index in [1.165, 1.54) is 12.1 Å². The van der Waals surface area contributed by atoms with E-state index in [4.69, 9.17) is 5.73 Å². The van der Waals surface area contributed by atoms with Gasteiger partial charge in [-0.15, -0.1) is 12.4 Å². The molecule has 1 amide bonds. The van der Waals surface area contributed by atoms with Crippen LogP contribution in [-0.4, -0.2) is 29.9 Å². The molecule has 0 aromatic heterocycles. The Bertz CT molecular complexity index is 418. The summed E-state index contributed by atoms with van der Waals surface area (Å²) in [5.74, 6) is -0.225. The minimum atomic E-state index is -0.600. The highest BCUT2D eigenvalue weighted by molar-refractivity contribution is 5.88. The fourth-order valence-electron chi connectivity index (χ4n) is 1.78. The van der Waals surface area contributed by atoms with Gasteiger partial charge in [0.25, 0.3) is 0 Å². The first-order chi connectivity index (χ1) is 8.01. The van der Waals surface area contributed by atoms with Gasteiger partial charge in [-0.1, -0.05) is 12.1 Å². The lowest BCUT2D eigenvalue weighted by atomic mass is 10.1. The van der Waals surface area contributed by atoms with Crippen LogP contribution in [0.25, 0.3) is 0 Å². The lowest BCUT2D eigenvalue weighted by Crippen LogP contribution is -2.44. The molecule has 0 heterocycles. The van der Waals surface area contributed by atoms with Gasteiger partial charge in [0.1, 0.15) is 5.82 Å². The predicted molar refractivity (Wildman–Crippen MR) is 71.1 cm³/mol. The van der Waals surface area contributed by atoms with Crippen molar-refractivity contribution < 1.29 is 9.18 Å². The van der Waals surface area contributed by atoms with E-state index >= 15 is 0 Å². The van der Waals surface area contributed by atoms with E-state index in [2.05, 4.69) is 0 Å². The van der Waals surface area contributed by atoms with E-state index in [0.717, 1.165) is 24.8 Å². The highest BCUT2D eigenvalue weighted by Crippen LogP contribution is 2.33. The smallest absolute Gasteiger partial charge is 0.242 e. The summed E-state index contributed by atoms with van der Waals surface area (Å²) in [6.45, 7) is 0.614. The third-order valence-corrected chi connectivity index (χ3v) is 3.21. The minimum absolute atomic E-state index is 0. The van der Waals surface area contributed by atoms with Crippen LogP contribution in [0.4, 0.5) is 4.39 Å². The zero-order chi connectivity index (χ0) is 12.5. The largest absolute Gasteiger partial charge is 0.344 e. The second-order valence-electron chi connectivity index (χ2n) is 4.76. The summed E-state index contributed by atoms with van der Waals surface area (Å²) in [6, 6.07) is 6.34. The molecule has 2 rings (SSSR count). The number of amides is 1. The maximum Gasteiger partial charge on any atom is 0.242 e. The maximum atomic E-state index is 12.7. The van der Waals surface area contributed by atoms with Crippen molar-refractivity contribution >= 4 is 18.3 Å². The summed E-state index contributed by atoms with van der Waals surface area (Å²) < 4.78 is 12.7. The predicted octanol–water partition coefficient (Wildman–Crippen LogP) is 1.74. The monoisotopic (exact) mass is 272 g/mol. The Hall–Kier alpha value is -1.13. The molecule has 0 aliphatic heterocycles. The standard InChI is InChI=1S/C13H17FN2O.ClH/c1-16(12(17)13(15)7-8-13)9-6-10-2-4-11(14)5-3-10;/h2-5H,6-9,15H2,1H3;1H. The molecule has 0 saturated heterocycles. The van der Waals surface area contributed by atoms with Gasteiger partial charge in [0.15, 0.2) is 0 Å². The molecule has 18 heavy (non-hydrogen) atoms. The highest BCUT2D eigenvalue weighted by Gasteiger charge is 2.47. The van der Waals surface area contributed by atoms with Gasteiger partial charge >= 0.3 is 0 Å². The summed E-state index contributed by atoms with van der Waals surface area (Å²) in [4.78, 5) is 13.5. The summed E-state index contributed by atoms with van der Waals surface area (Å²) in [5, 5.41) is 0. The first kappa shape index (κ1) is 14.9. The number of halogens is 2. The van der Waals surface area contributed by atoms with Crippen LogP contribution in [0.5, 0.6) is 0 Å². The number of carbonyl (C=O) groups is 1. The Kier molecular flexibility index (Phi) is 4.71. The number of hydrogen-bond acceptors (Lipinski definition) is 2. The normalized spacial score (nSPS) is 15.7. The molecule has 2 N–H and O–H groups in total. The van der Waals surface area contributed by atoms with Crippen molar-refractivity contribution in [3.8, 4) is 0 Å². The molecule has 0 unspecified atom stereocenters. The lowest BCUT2D eigenvalue weighted by Gasteiger charge is -2.20. The van der Waals surface area contributed by atoms with Gasteiger partial charge in [-0.3, -0.25) is 4.79 Å². The van der Waals surface area contributed by atoms with Crippen molar-refractivity contribution in [1.82, 2.24) is 4.90 Å². The van der Waals surface area contributed by atoms with Crippen LogP contribution in [0.3, 0.4) is 0 Å². The molecule has 1 aromatic carbocycles. The van der Waals surface area contributed by atoms with Crippen molar-refractivity contribution in [3.63, 3.8) is 0 Å². The quantitative estimate of drug-likeness (QED) is 0.908. The summed E-state index contributed by atoms with van der Waals surface area (Å²) in [5.41, 5.74) is 6.26.